The second-order valence-electron chi connectivity index (χ2n) is 5.42. The summed E-state index contributed by atoms with van der Waals surface area (Å²) >= 11 is 0. The molecule has 2 aromatic carbocycles. The van der Waals surface area contributed by atoms with Crippen LogP contribution in [0.2, 0.25) is 0 Å². The van der Waals surface area contributed by atoms with Crippen molar-refractivity contribution in [1.29, 1.82) is 0 Å². The highest BCUT2D eigenvalue weighted by Crippen LogP contribution is 2.26. The Morgan fingerprint density at radius 3 is 2.33 bits per heavy atom. The molecule has 0 aromatic heterocycles. The van der Waals surface area contributed by atoms with Crippen molar-refractivity contribution in [2.45, 2.75) is 26.3 Å². The molecule has 0 aliphatic rings. The summed E-state index contributed by atoms with van der Waals surface area (Å²) in [6, 6.07) is 13.1. The lowest BCUT2D eigenvalue weighted by atomic mass is 10.1. The summed E-state index contributed by atoms with van der Waals surface area (Å²) < 4.78 is 24.1. The Morgan fingerprint density at radius 2 is 1.71 bits per heavy atom. The highest BCUT2D eigenvalue weighted by atomic mass is 19.1. The number of carbonyl (C=O) groups is 1. The standard InChI is InChI=1S/C19H22FNO3/c1-3-12-23-17-6-4-5-7-18(17)24-13-19(22)21-14(2)15-8-10-16(20)11-9-15/h4-11,14H,3,12-13H2,1-2H3,(H,21,22). The maximum absolute atomic E-state index is 12.9. The molecule has 0 aliphatic heterocycles. The average molecular weight is 331 g/mol. The number of hydrogen-bond donors (Lipinski definition) is 1. The lowest BCUT2D eigenvalue weighted by Crippen LogP contribution is -2.31. The maximum Gasteiger partial charge on any atom is 0.258 e. The van der Waals surface area contributed by atoms with Crippen molar-refractivity contribution in [3.63, 3.8) is 0 Å². The fourth-order valence-electron chi connectivity index (χ4n) is 2.16. The van der Waals surface area contributed by atoms with E-state index in [2.05, 4.69) is 5.32 Å². The predicted molar refractivity (Wildman–Crippen MR) is 90.7 cm³/mol. The van der Waals surface area contributed by atoms with E-state index in [1.807, 2.05) is 32.0 Å². The van der Waals surface area contributed by atoms with Crippen molar-refractivity contribution >= 4 is 5.91 Å². The van der Waals surface area contributed by atoms with Gasteiger partial charge in [0, 0.05) is 0 Å². The number of amides is 1. The van der Waals surface area contributed by atoms with Crippen LogP contribution in [-0.2, 0) is 4.79 Å². The van der Waals surface area contributed by atoms with E-state index >= 15 is 0 Å². The Balaban J connectivity index is 1.88. The number of halogens is 1. The summed E-state index contributed by atoms with van der Waals surface area (Å²) in [5.41, 5.74) is 0.830. The molecule has 1 atom stereocenters. The van der Waals surface area contributed by atoms with Gasteiger partial charge in [0.05, 0.1) is 12.6 Å². The van der Waals surface area contributed by atoms with Crippen LogP contribution >= 0.6 is 0 Å². The lowest BCUT2D eigenvalue weighted by molar-refractivity contribution is -0.123. The molecular weight excluding hydrogens is 309 g/mol. The third-order valence-electron chi connectivity index (χ3n) is 3.42. The smallest absolute Gasteiger partial charge is 0.258 e. The molecule has 0 aliphatic carbocycles. The molecule has 24 heavy (non-hydrogen) atoms. The van der Waals surface area contributed by atoms with E-state index in [-0.39, 0.29) is 24.4 Å². The summed E-state index contributed by atoms with van der Waals surface area (Å²) in [5, 5.41) is 2.82. The minimum absolute atomic E-state index is 0.113. The van der Waals surface area contributed by atoms with Gasteiger partial charge >= 0.3 is 0 Å². The topological polar surface area (TPSA) is 47.6 Å². The largest absolute Gasteiger partial charge is 0.490 e. The fourth-order valence-corrected chi connectivity index (χ4v) is 2.16. The van der Waals surface area contributed by atoms with Crippen LogP contribution in [0, 0.1) is 5.82 Å². The minimum atomic E-state index is -0.302. The van der Waals surface area contributed by atoms with E-state index in [4.69, 9.17) is 9.47 Å². The Hall–Kier alpha value is -2.56. The minimum Gasteiger partial charge on any atom is -0.490 e. The van der Waals surface area contributed by atoms with Crippen LogP contribution in [0.25, 0.3) is 0 Å². The van der Waals surface area contributed by atoms with Gasteiger partial charge in [0.25, 0.3) is 5.91 Å². The summed E-state index contributed by atoms with van der Waals surface area (Å²) in [7, 11) is 0. The first-order valence-corrected chi connectivity index (χ1v) is 7.99. The molecule has 0 radical (unpaired) electrons. The van der Waals surface area contributed by atoms with Gasteiger partial charge in [-0.3, -0.25) is 4.79 Å². The van der Waals surface area contributed by atoms with Crippen molar-refractivity contribution in [3.8, 4) is 11.5 Å². The molecule has 1 unspecified atom stereocenters. The van der Waals surface area contributed by atoms with Crippen LogP contribution in [0.15, 0.2) is 48.5 Å². The van der Waals surface area contributed by atoms with Gasteiger partial charge in [-0.15, -0.1) is 0 Å². The quantitative estimate of drug-likeness (QED) is 0.799. The molecule has 2 rings (SSSR count). The van der Waals surface area contributed by atoms with Gasteiger partial charge in [-0.25, -0.2) is 4.39 Å². The second kappa shape index (κ2) is 8.91. The van der Waals surface area contributed by atoms with Crippen molar-refractivity contribution in [2.75, 3.05) is 13.2 Å². The first-order chi connectivity index (χ1) is 11.6. The number of ether oxygens (including phenoxy) is 2. The molecule has 0 spiro atoms. The van der Waals surface area contributed by atoms with E-state index in [9.17, 15) is 9.18 Å². The zero-order valence-electron chi connectivity index (χ0n) is 13.9. The first-order valence-electron chi connectivity index (χ1n) is 7.99. The zero-order chi connectivity index (χ0) is 17.4. The van der Waals surface area contributed by atoms with Crippen molar-refractivity contribution < 1.29 is 18.7 Å². The van der Waals surface area contributed by atoms with Crippen molar-refractivity contribution in [1.82, 2.24) is 5.32 Å². The molecule has 0 saturated heterocycles. The van der Waals surface area contributed by atoms with Crippen LogP contribution in [0.5, 0.6) is 11.5 Å². The highest BCUT2D eigenvalue weighted by molar-refractivity contribution is 5.78. The van der Waals surface area contributed by atoms with Gasteiger partial charge in [-0.05, 0) is 43.2 Å². The summed E-state index contributed by atoms with van der Waals surface area (Å²) in [5.74, 6) is 0.607. The van der Waals surface area contributed by atoms with E-state index in [1.54, 1.807) is 18.2 Å². The Labute approximate surface area is 141 Å². The molecule has 128 valence electrons. The Kier molecular flexibility index (Phi) is 6.61. The van der Waals surface area contributed by atoms with Crippen LogP contribution in [0.3, 0.4) is 0 Å². The fraction of sp³-hybridized carbons (Fsp3) is 0.316. The van der Waals surface area contributed by atoms with Crippen molar-refractivity contribution in [3.05, 3.63) is 59.9 Å². The molecular formula is C19H22FNO3. The van der Waals surface area contributed by atoms with Crippen LogP contribution in [0.1, 0.15) is 31.9 Å². The van der Waals surface area contributed by atoms with Crippen LogP contribution in [-0.4, -0.2) is 19.1 Å². The molecule has 0 saturated carbocycles. The van der Waals surface area contributed by atoms with E-state index in [0.717, 1.165) is 12.0 Å². The number of hydrogen-bond acceptors (Lipinski definition) is 3. The van der Waals surface area contributed by atoms with Crippen LogP contribution in [0.4, 0.5) is 4.39 Å². The molecule has 5 heteroatoms. The Bertz CT molecular complexity index is 658. The van der Waals surface area contributed by atoms with Gasteiger partial charge < -0.3 is 14.8 Å². The number of rotatable bonds is 8. The van der Waals surface area contributed by atoms with Crippen LogP contribution < -0.4 is 14.8 Å². The van der Waals surface area contributed by atoms with Gasteiger partial charge in [0.1, 0.15) is 5.82 Å². The van der Waals surface area contributed by atoms with E-state index in [1.165, 1.54) is 12.1 Å². The SMILES string of the molecule is CCCOc1ccccc1OCC(=O)NC(C)c1ccc(F)cc1. The third kappa shape index (κ3) is 5.26. The zero-order valence-corrected chi connectivity index (χ0v) is 13.9. The van der Waals surface area contributed by atoms with E-state index in [0.29, 0.717) is 18.1 Å². The Morgan fingerprint density at radius 1 is 1.08 bits per heavy atom. The highest BCUT2D eigenvalue weighted by Gasteiger charge is 2.11. The van der Waals surface area contributed by atoms with Gasteiger partial charge in [-0.2, -0.15) is 0 Å². The number of benzene rings is 2. The first kappa shape index (κ1) is 17.8. The monoisotopic (exact) mass is 331 g/mol. The van der Waals surface area contributed by atoms with Gasteiger partial charge in [0.2, 0.25) is 0 Å². The van der Waals surface area contributed by atoms with Gasteiger partial charge in [0.15, 0.2) is 18.1 Å². The summed E-state index contributed by atoms with van der Waals surface area (Å²) in [4.78, 5) is 12.0. The molecule has 0 heterocycles. The summed E-state index contributed by atoms with van der Waals surface area (Å²) in [6.07, 6.45) is 0.893. The van der Waals surface area contributed by atoms with E-state index < -0.39 is 0 Å². The normalized spacial score (nSPS) is 11.6. The molecule has 1 amide bonds. The second-order valence-corrected chi connectivity index (χ2v) is 5.42. The summed E-state index contributed by atoms with van der Waals surface area (Å²) in [6.45, 7) is 4.34. The maximum atomic E-state index is 12.9. The molecule has 2 aromatic rings. The van der Waals surface area contributed by atoms with Crippen molar-refractivity contribution in [2.24, 2.45) is 0 Å². The number of nitrogens with one attached hydrogen (secondary N) is 1. The average Bonchev–Trinajstić information content (AvgIpc) is 2.59. The number of carbonyl (C=O) groups excluding carboxylic acids is 1. The number of para-hydroxylation sites is 2. The predicted octanol–water partition coefficient (Wildman–Crippen LogP) is 3.87. The molecule has 1 N–H and O–H groups in total. The molecule has 4 nitrogen and oxygen atoms in total. The molecule has 0 fully saturated rings. The lowest BCUT2D eigenvalue weighted by Gasteiger charge is -2.16. The third-order valence-corrected chi connectivity index (χ3v) is 3.42. The molecule has 0 bridgehead atoms. The van der Waals surface area contributed by atoms with Gasteiger partial charge in [-0.1, -0.05) is 31.2 Å².